The molecule has 0 aliphatic carbocycles. The summed E-state index contributed by atoms with van der Waals surface area (Å²) in [6.07, 6.45) is -2.12. The van der Waals surface area contributed by atoms with Crippen LogP contribution in [-0.4, -0.2) is 48.2 Å². The number of hydrogen-bond donors (Lipinski definition) is 1. The Morgan fingerprint density at radius 3 is 2.60 bits per heavy atom. The normalized spacial score (nSPS) is 24.7. The average molecular weight is 223 g/mol. The fraction of sp³-hybridized carbons (Fsp3) is 0.750. The van der Waals surface area contributed by atoms with E-state index in [2.05, 4.69) is 4.74 Å². The van der Waals surface area contributed by atoms with Crippen molar-refractivity contribution >= 4 is 12.1 Å². The van der Waals surface area contributed by atoms with E-state index in [9.17, 15) is 18.4 Å². The lowest BCUT2D eigenvalue weighted by Crippen LogP contribution is -2.51. The summed E-state index contributed by atoms with van der Waals surface area (Å²) in [4.78, 5) is 22.1. The van der Waals surface area contributed by atoms with Crippen LogP contribution < -0.4 is 0 Å². The molecule has 0 spiro atoms. The number of carbonyl (C=O) groups is 2. The summed E-state index contributed by atoms with van der Waals surface area (Å²) in [5.41, 5.74) is 0. The van der Waals surface area contributed by atoms with Crippen molar-refractivity contribution in [3.8, 4) is 0 Å². The second-order valence-corrected chi connectivity index (χ2v) is 3.44. The van der Waals surface area contributed by atoms with Crippen LogP contribution in [0.15, 0.2) is 0 Å². The summed E-state index contributed by atoms with van der Waals surface area (Å²) >= 11 is 0. The Morgan fingerprint density at radius 2 is 2.13 bits per heavy atom. The topological polar surface area (TPSA) is 66.8 Å². The van der Waals surface area contributed by atoms with Crippen LogP contribution in [0.3, 0.4) is 0 Å². The van der Waals surface area contributed by atoms with E-state index >= 15 is 0 Å². The Morgan fingerprint density at radius 1 is 1.53 bits per heavy atom. The predicted octanol–water partition coefficient (Wildman–Crippen LogP) is 0.795. The summed E-state index contributed by atoms with van der Waals surface area (Å²) in [5.74, 6) is -5.06. The van der Waals surface area contributed by atoms with Gasteiger partial charge in [0.1, 0.15) is 0 Å². The van der Waals surface area contributed by atoms with Gasteiger partial charge in [0.25, 0.3) is 5.92 Å². The molecule has 1 unspecified atom stereocenters. The van der Waals surface area contributed by atoms with Crippen molar-refractivity contribution in [2.75, 3.05) is 20.2 Å². The number of methoxy groups -OCH3 is 1. The predicted molar refractivity (Wildman–Crippen MR) is 44.7 cm³/mol. The number of carboxylic acid groups (broad SMARTS) is 1. The molecule has 0 radical (unpaired) electrons. The van der Waals surface area contributed by atoms with Gasteiger partial charge >= 0.3 is 12.1 Å². The van der Waals surface area contributed by atoms with E-state index in [0.717, 1.165) is 7.11 Å². The van der Waals surface area contributed by atoms with Gasteiger partial charge in [-0.3, -0.25) is 4.79 Å². The zero-order valence-electron chi connectivity index (χ0n) is 8.07. The summed E-state index contributed by atoms with van der Waals surface area (Å²) in [6.45, 7) is -1.10. The van der Waals surface area contributed by atoms with Gasteiger partial charge in [-0.25, -0.2) is 13.6 Å². The van der Waals surface area contributed by atoms with Crippen LogP contribution in [0.4, 0.5) is 13.6 Å². The van der Waals surface area contributed by atoms with E-state index in [1.165, 1.54) is 0 Å². The fourth-order valence-electron chi connectivity index (χ4n) is 1.57. The largest absolute Gasteiger partial charge is 0.469 e. The van der Waals surface area contributed by atoms with Crippen molar-refractivity contribution in [2.45, 2.75) is 12.3 Å². The van der Waals surface area contributed by atoms with Crippen molar-refractivity contribution in [2.24, 2.45) is 5.92 Å². The highest BCUT2D eigenvalue weighted by Crippen LogP contribution is 2.30. The van der Waals surface area contributed by atoms with Gasteiger partial charge in [-0.2, -0.15) is 0 Å². The number of rotatable bonds is 1. The molecule has 1 atom stereocenters. The molecule has 15 heavy (non-hydrogen) atoms. The molecule has 5 nitrogen and oxygen atoms in total. The zero-order chi connectivity index (χ0) is 11.6. The number of alkyl halides is 2. The monoisotopic (exact) mass is 223 g/mol. The molecule has 0 aromatic carbocycles. The quantitative estimate of drug-likeness (QED) is 0.667. The smallest absolute Gasteiger partial charge is 0.407 e. The number of amides is 1. The highest BCUT2D eigenvalue weighted by Gasteiger charge is 2.44. The molecule has 1 rings (SSSR count). The van der Waals surface area contributed by atoms with Crippen LogP contribution in [0, 0.1) is 5.92 Å². The van der Waals surface area contributed by atoms with E-state index in [1.54, 1.807) is 0 Å². The molecule has 7 heteroatoms. The lowest BCUT2D eigenvalue weighted by molar-refractivity contribution is -0.155. The third-order valence-electron chi connectivity index (χ3n) is 2.21. The summed E-state index contributed by atoms with van der Waals surface area (Å²) < 4.78 is 30.4. The maximum Gasteiger partial charge on any atom is 0.407 e. The van der Waals surface area contributed by atoms with Gasteiger partial charge in [0.15, 0.2) is 0 Å². The van der Waals surface area contributed by atoms with Crippen LogP contribution in [0.2, 0.25) is 0 Å². The Hall–Kier alpha value is -1.40. The second kappa shape index (κ2) is 4.00. The van der Waals surface area contributed by atoms with E-state index < -0.39 is 36.9 Å². The maximum atomic E-state index is 13.0. The average Bonchev–Trinajstić information content (AvgIpc) is 2.14. The molecule has 1 N–H and O–H groups in total. The molecule has 0 aromatic heterocycles. The van der Waals surface area contributed by atoms with Crippen LogP contribution in [0.5, 0.6) is 0 Å². The van der Waals surface area contributed by atoms with Crippen molar-refractivity contribution in [1.29, 1.82) is 0 Å². The third kappa shape index (κ3) is 2.77. The number of esters is 1. The minimum absolute atomic E-state index is 0.238. The first-order chi connectivity index (χ1) is 6.85. The number of ether oxygens (including phenoxy) is 1. The van der Waals surface area contributed by atoms with E-state index in [4.69, 9.17) is 5.11 Å². The standard InChI is InChI=1S/C8H11F2NO4/c1-15-6(12)5-2-8(9,10)4-11(3-5)7(13)14/h5H,2-4H2,1H3,(H,13,14). The number of likely N-dealkylation sites (tertiary alicyclic amines) is 1. The first kappa shape index (κ1) is 11.7. The van der Waals surface area contributed by atoms with Crippen LogP contribution in [0.25, 0.3) is 0 Å². The van der Waals surface area contributed by atoms with Gasteiger partial charge in [-0.1, -0.05) is 0 Å². The minimum atomic E-state index is -3.17. The van der Waals surface area contributed by atoms with Gasteiger partial charge in [0.05, 0.1) is 19.6 Å². The molecule has 1 heterocycles. The van der Waals surface area contributed by atoms with Crippen LogP contribution in [-0.2, 0) is 9.53 Å². The van der Waals surface area contributed by atoms with E-state index in [0.29, 0.717) is 4.90 Å². The fourth-order valence-corrected chi connectivity index (χ4v) is 1.57. The number of halogens is 2. The Kier molecular flexibility index (Phi) is 3.11. The van der Waals surface area contributed by atoms with Gasteiger partial charge < -0.3 is 14.7 Å². The van der Waals surface area contributed by atoms with Crippen molar-refractivity contribution in [3.63, 3.8) is 0 Å². The van der Waals surface area contributed by atoms with Gasteiger partial charge in [0, 0.05) is 13.0 Å². The molecule has 86 valence electrons. The highest BCUT2D eigenvalue weighted by atomic mass is 19.3. The lowest BCUT2D eigenvalue weighted by atomic mass is 9.95. The number of nitrogens with zero attached hydrogens (tertiary/aromatic N) is 1. The van der Waals surface area contributed by atoms with E-state index in [-0.39, 0.29) is 6.54 Å². The van der Waals surface area contributed by atoms with Crippen LogP contribution in [0.1, 0.15) is 6.42 Å². The zero-order valence-corrected chi connectivity index (χ0v) is 8.07. The molecule has 1 aliphatic rings. The Bertz CT molecular complexity index is 282. The first-order valence-electron chi connectivity index (χ1n) is 4.29. The second-order valence-electron chi connectivity index (χ2n) is 3.44. The Labute approximate surface area is 84.6 Å². The minimum Gasteiger partial charge on any atom is -0.469 e. The number of hydrogen-bond acceptors (Lipinski definition) is 3. The van der Waals surface area contributed by atoms with Gasteiger partial charge in [0.2, 0.25) is 0 Å². The number of carbonyl (C=O) groups excluding carboxylic acids is 1. The molecule has 1 saturated heterocycles. The van der Waals surface area contributed by atoms with Crippen molar-refractivity contribution in [3.05, 3.63) is 0 Å². The van der Waals surface area contributed by atoms with E-state index in [1.807, 2.05) is 0 Å². The Balaban J connectivity index is 2.76. The molecular formula is C8H11F2NO4. The molecule has 1 fully saturated rings. The van der Waals surface area contributed by atoms with Crippen molar-refractivity contribution < 1.29 is 28.2 Å². The third-order valence-corrected chi connectivity index (χ3v) is 2.21. The molecule has 0 bridgehead atoms. The van der Waals surface area contributed by atoms with Gasteiger partial charge in [-0.05, 0) is 0 Å². The SMILES string of the molecule is COC(=O)C1CN(C(=O)O)CC(F)(F)C1. The van der Waals surface area contributed by atoms with Crippen molar-refractivity contribution in [1.82, 2.24) is 4.90 Å². The summed E-state index contributed by atoms with van der Waals surface area (Å²) in [5, 5.41) is 8.58. The summed E-state index contributed by atoms with van der Waals surface area (Å²) in [7, 11) is 1.08. The first-order valence-corrected chi connectivity index (χ1v) is 4.29. The summed E-state index contributed by atoms with van der Waals surface area (Å²) in [6, 6.07) is 0. The molecule has 1 amide bonds. The lowest BCUT2D eigenvalue weighted by Gasteiger charge is -2.34. The molecule has 0 aromatic rings. The highest BCUT2D eigenvalue weighted by molar-refractivity contribution is 5.74. The maximum absolute atomic E-state index is 13.0. The number of piperidine rings is 1. The van der Waals surface area contributed by atoms with Gasteiger partial charge in [-0.15, -0.1) is 0 Å². The molecule has 0 saturated carbocycles. The molecule has 1 aliphatic heterocycles. The molecular weight excluding hydrogens is 212 g/mol. The van der Waals surface area contributed by atoms with Crippen LogP contribution >= 0.6 is 0 Å².